The molecule has 0 radical (unpaired) electrons. The van der Waals surface area contributed by atoms with Crippen molar-refractivity contribution in [3.05, 3.63) is 41.2 Å². The smallest absolute Gasteiger partial charge is 0.291 e. The fourth-order valence-electron chi connectivity index (χ4n) is 1.86. The Bertz CT molecular complexity index is 603. The van der Waals surface area contributed by atoms with Crippen LogP contribution in [0.4, 0.5) is 0 Å². The van der Waals surface area contributed by atoms with Gasteiger partial charge in [-0.15, -0.1) is 5.10 Å². The average molecular weight is 257 g/mol. The molecular formula is C13H15N5O. The zero-order valence-electron chi connectivity index (χ0n) is 10.7. The number of hydrogen-bond acceptors (Lipinski definition) is 4. The summed E-state index contributed by atoms with van der Waals surface area (Å²) in [7, 11) is 0. The molecule has 98 valence electrons. The van der Waals surface area contributed by atoms with Gasteiger partial charge in [-0.3, -0.25) is 14.9 Å². The van der Waals surface area contributed by atoms with Gasteiger partial charge in [-0.1, -0.05) is 6.07 Å². The zero-order chi connectivity index (χ0) is 13.2. The molecule has 2 N–H and O–H groups in total. The highest BCUT2D eigenvalue weighted by molar-refractivity contribution is 5.90. The first-order valence-corrected chi connectivity index (χ1v) is 6.35. The second-order valence-corrected chi connectivity index (χ2v) is 4.77. The van der Waals surface area contributed by atoms with Crippen molar-refractivity contribution in [2.45, 2.75) is 32.2 Å². The van der Waals surface area contributed by atoms with Gasteiger partial charge in [0.05, 0.1) is 12.2 Å². The van der Waals surface area contributed by atoms with Gasteiger partial charge >= 0.3 is 0 Å². The van der Waals surface area contributed by atoms with Gasteiger partial charge in [0.1, 0.15) is 5.82 Å². The maximum absolute atomic E-state index is 11.9. The van der Waals surface area contributed by atoms with Crippen LogP contribution in [0.2, 0.25) is 0 Å². The Labute approximate surface area is 110 Å². The molecule has 2 aromatic rings. The highest BCUT2D eigenvalue weighted by atomic mass is 16.2. The number of rotatable bonds is 4. The van der Waals surface area contributed by atoms with Crippen molar-refractivity contribution < 1.29 is 4.79 Å². The number of aromatic amines is 1. The minimum Gasteiger partial charge on any atom is -0.344 e. The molecule has 1 aliphatic carbocycles. The number of carbonyl (C=O) groups is 1. The van der Waals surface area contributed by atoms with Crippen molar-refractivity contribution in [3.8, 4) is 0 Å². The van der Waals surface area contributed by atoms with Crippen molar-refractivity contribution >= 4 is 5.91 Å². The van der Waals surface area contributed by atoms with E-state index in [0.29, 0.717) is 12.5 Å². The Kier molecular flexibility index (Phi) is 2.98. The van der Waals surface area contributed by atoms with Crippen LogP contribution in [0.15, 0.2) is 18.3 Å². The van der Waals surface area contributed by atoms with Crippen molar-refractivity contribution in [3.63, 3.8) is 0 Å². The molecule has 0 aromatic carbocycles. The predicted molar refractivity (Wildman–Crippen MR) is 68.5 cm³/mol. The molecular weight excluding hydrogens is 242 g/mol. The number of carbonyl (C=O) groups excluding carboxylic acids is 1. The first-order chi connectivity index (χ1) is 9.24. The van der Waals surface area contributed by atoms with Gasteiger partial charge in [0.15, 0.2) is 0 Å². The molecule has 6 nitrogen and oxygen atoms in total. The minimum absolute atomic E-state index is 0.204. The van der Waals surface area contributed by atoms with Crippen molar-refractivity contribution in [1.82, 2.24) is 25.5 Å². The highest BCUT2D eigenvalue weighted by Crippen LogP contribution is 2.37. The Hall–Kier alpha value is -2.24. The van der Waals surface area contributed by atoms with E-state index in [0.717, 1.165) is 29.9 Å². The van der Waals surface area contributed by atoms with Gasteiger partial charge in [-0.05, 0) is 31.4 Å². The minimum atomic E-state index is -0.270. The molecule has 3 rings (SSSR count). The summed E-state index contributed by atoms with van der Waals surface area (Å²) in [5.74, 6) is 1.22. The van der Waals surface area contributed by atoms with Crippen LogP contribution in [0.1, 0.15) is 46.5 Å². The lowest BCUT2D eigenvalue weighted by molar-refractivity contribution is 0.0940. The third-order valence-corrected chi connectivity index (χ3v) is 3.20. The van der Waals surface area contributed by atoms with Crippen LogP contribution >= 0.6 is 0 Å². The van der Waals surface area contributed by atoms with E-state index in [4.69, 9.17) is 0 Å². The van der Waals surface area contributed by atoms with Gasteiger partial charge in [-0.2, -0.15) is 0 Å². The number of nitrogens with zero attached hydrogens (tertiary/aromatic N) is 3. The molecule has 0 bridgehead atoms. The molecule has 1 fully saturated rings. The quantitative estimate of drug-likeness (QED) is 0.865. The molecule has 0 aliphatic heterocycles. The monoisotopic (exact) mass is 257 g/mol. The first kappa shape index (κ1) is 11.8. The predicted octanol–water partition coefficient (Wildman–Crippen LogP) is 1.32. The highest BCUT2D eigenvalue weighted by Gasteiger charge is 2.28. The van der Waals surface area contributed by atoms with Crippen LogP contribution in [0.3, 0.4) is 0 Å². The summed E-state index contributed by atoms with van der Waals surface area (Å²) in [5.41, 5.74) is 1.91. The Morgan fingerprint density at radius 3 is 3.11 bits per heavy atom. The Balaban J connectivity index is 1.63. The van der Waals surface area contributed by atoms with Gasteiger partial charge in [0.2, 0.25) is 5.82 Å². The maximum atomic E-state index is 11.9. The number of H-pyrrole nitrogens is 1. The van der Waals surface area contributed by atoms with Gasteiger partial charge in [0, 0.05) is 12.1 Å². The second kappa shape index (κ2) is 4.79. The Morgan fingerprint density at radius 2 is 2.37 bits per heavy atom. The van der Waals surface area contributed by atoms with Crippen LogP contribution in [0.5, 0.6) is 0 Å². The average Bonchev–Trinajstić information content (AvgIpc) is 3.15. The molecule has 0 spiro atoms. The standard InChI is InChI=1S/C13H15N5O/c1-8-3-2-6-14-10(8)7-15-13(19)12-16-11(17-18-12)9-4-5-9/h2-3,6,9H,4-5,7H2,1H3,(H,15,19)(H,16,17,18). The zero-order valence-corrected chi connectivity index (χ0v) is 10.7. The molecule has 2 aromatic heterocycles. The van der Waals surface area contributed by atoms with E-state index in [2.05, 4.69) is 25.5 Å². The first-order valence-electron chi connectivity index (χ1n) is 6.35. The molecule has 0 atom stereocenters. The summed E-state index contributed by atoms with van der Waals surface area (Å²) >= 11 is 0. The summed E-state index contributed by atoms with van der Waals surface area (Å²) in [5, 5.41) is 9.55. The second-order valence-electron chi connectivity index (χ2n) is 4.77. The molecule has 6 heteroatoms. The van der Waals surface area contributed by atoms with Crippen molar-refractivity contribution in [2.75, 3.05) is 0 Å². The SMILES string of the molecule is Cc1cccnc1CNC(=O)c1n[nH]c(C2CC2)n1. The lowest BCUT2D eigenvalue weighted by Gasteiger charge is -2.04. The van der Waals surface area contributed by atoms with Crippen LogP contribution in [0.25, 0.3) is 0 Å². The normalized spacial score (nSPS) is 14.4. The van der Waals surface area contributed by atoms with Gasteiger partial charge in [-0.25, -0.2) is 4.98 Å². The molecule has 2 heterocycles. The van der Waals surface area contributed by atoms with Crippen LogP contribution < -0.4 is 5.32 Å². The summed E-state index contributed by atoms with van der Waals surface area (Å²) in [6, 6.07) is 3.84. The molecule has 0 unspecified atom stereocenters. The van der Waals surface area contributed by atoms with Crippen molar-refractivity contribution in [2.24, 2.45) is 0 Å². The lowest BCUT2D eigenvalue weighted by Crippen LogP contribution is -2.25. The number of hydrogen-bond donors (Lipinski definition) is 2. The third kappa shape index (κ3) is 2.62. The number of pyridine rings is 1. The fourth-order valence-corrected chi connectivity index (χ4v) is 1.86. The third-order valence-electron chi connectivity index (χ3n) is 3.20. The molecule has 19 heavy (non-hydrogen) atoms. The van der Waals surface area contributed by atoms with E-state index in [9.17, 15) is 4.79 Å². The van der Waals surface area contributed by atoms with E-state index < -0.39 is 0 Å². The fraction of sp³-hybridized carbons (Fsp3) is 0.385. The molecule has 1 amide bonds. The maximum Gasteiger partial charge on any atom is 0.291 e. The van der Waals surface area contributed by atoms with E-state index in [1.165, 1.54) is 0 Å². The molecule has 1 aliphatic rings. The van der Waals surface area contributed by atoms with E-state index >= 15 is 0 Å². The summed E-state index contributed by atoms with van der Waals surface area (Å²) in [6.07, 6.45) is 3.97. The molecule has 1 saturated carbocycles. The van der Waals surface area contributed by atoms with E-state index in [-0.39, 0.29) is 11.7 Å². The Morgan fingerprint density at radius 1 is 1.53 bits per heavy atom. The van der Waals surface area contributed by atoms with Crippen molar-refractivity contribution in [1.29, 1.82) is 0 Å². The van der Waals surface area contributed by atoms with Crippen LogP contribution in [-0.4, -0.2) is 26.1 Å². The van der Waals surface area contributed by atoms with Gasteiger partial charge in [0.25, 0.3) is 5.91 Å². The largest absolute Gasteiger partial charge is 0.344 e. The lowest BCUT2D eigenvalue weighted by atomic mass is 10.2. The topological polar surface area (TPSA) is 83.6 Å². The molecule has 0 saturated heterocycles. The van der Waals surface area contributed by atoms with Crippen LogP contribution in [0, 0.1) is 6.92 Å². The summed E-state index contributed by atoms with van der Waals surface area (Å²) in [6.45, 7) is 2.35. The number of aromatic nitrogens is 4. The summed E-state index contributed by atoms with van der Waals surface area (Å²) in [4.78, 5) is 20.3. The van der Waals surface area contributed by atoms with E-state index in [1.807, 2.05) is 19.1 Å². The van der Waals surface area contributed by atoms with Crippen LogP contribution in [-0.2, 0) is 6.54 Å². The summed E-state index contributed by atoms with van der Waals surface area (Å²) < 4.78 is 0. The number of amides is 1. The van der Waals surface area contributed by atoms with E-state index in [1.54, 1.807) is 6.20 Å². The number of nitrogens with one attached hydrogen (secondary N) is 2. The van der Waals surface area contributed by atoms with Gasteiger partial charge < -0.3 is 5.32 Å². The number of aryl methyl sites for hydroxylation is 1.